The summed E-state index contributed by atoms with van der Waals surface area (Å²) in [5.74, 6) is 1.20. The van der Waals surface area contributed by atoms with E-state index in [0.717, 1.165) is 5.56 Å². The van der Waals surface area contributed by atoms with Crippen molar-refractivity contribution in [1.29, 1.82) is 0 Å². The molecular weight excluding hydrogens is 338 g/mol. The zero-order valence-electron chi connectivity index (χ0n) is 13.3. The molecule has 0 radical (unpaired) electrons. The van der Waals surface area contributed by atoms with E-state index < -0.39 is 0 Å². The average molecular weight is 354 g/mol. The van der Waals surface area contributed by atoms with Crippen LogP contribution in [0.4, 0.5) is 16.3 Å². The monoisotopic (exact) mass is 353 g/mol. The van der Waals surface area contributed by atoms with E-state index in [4.69, 9.17) is 16.3 Å². The molecule has 0 unspecified atom stereocenters. The summed E-state index contributed by atoms with van der Waals surface area (Å²) in [5, 5.41) is 6.09. The third-order valence-electron chi connectivity index (χ3n) is 3.34. The van der Waals surface area contributed by atoms with E-state index in [1.165, 1.54) is 0 Å². The van der Waals surface area contributed by atoms with Crippen molar-refractivity contribution >= 4 is 29.1 Å². The molecule has 6 heteroatoms. The largest absolute Gasteiger partial charge is 0.489 e. The predicted octanol–water partition coefficient (Wildman–Crippen LogP) is 4.96. The molecule has 0 aliphatic rings. The van der Waals surface area contributed by atoms with Crippen molar-refractivity contribution in [2.75, 3.05) is 10.6 Å². The molecular formula is C19H16ClN3O2. The molecule has 0 spiro atoms. The van der Waals surface area contributed by atoms with Gasteiger partial charge in [-0.1, -0.05) is 29.8 Å². The number of nitrogens with zero attached hydrogens (tertiary/aromatic N) is 1. The molecule has 3 aromatic rings. The summed E-state index contributed by atoms with van der Waals surface area (Å²) in [6, 6.07) is 19.6. The summed E-state index contributed by atoms with van der Waals surface area (Å²) in [4.78, 5) is 15.9. The highest BCUT2D eigenvalue weighted by Crippen LogP contribution is 2.18. The number of aromatic nitrogens is 1. The number of benzene rings is 2. The van der Waals surface area contributed by atoms with Crippen LogP contribution in [0.2, 0.25) is 5.02 Å². The van der Waals surface area contributed by atoms with E-state index in [-0.39, 0.29) is 6.03 Å². The van der Waals surface area contributed by atoms with Gasteiger partial charge >= 0.3 is 6.03 Å². The highest BCUT2D eigenvalue weighted by Gasteiger charge is 2.03. The molecule has 0 atom stereocenters. The maximum atomic E-state index is 11.9. The van der Waals surface area contributed by atoms with Crippen molar-refractivity contribution < 1.29 is 9.53 Å². The third-order valence-corrected chi connectivity index (χ3v) is 3.59. The van der Waals surface area contributed by atoms with Crippen LogP contribution >= 0.6 is 11.6 Å². The summed E-state index contributed by atoms with van der Waals surface area (Å²) in [7, 11) is 0. The molecule has 2 aromatic carbocycles. The molecule has 0 saturated heterocycles. The van der Waals surface area contributed by atoms with Crippen LogP contribution in [0.5, 0.6) is 5.75 Å². The Bertz CT molecular complexity index is 822. The van der Waals surface area contributed by atoms with Crippen LogP contribution in [0.1, 0.15) is 5.56 Å². The molecule has 0 saturated carbocycles. The molecule has 0 aliphatic carbocycles. The Morgan fingerprint density at radius 1 is 0.960 bits per heavy atom. The van der Waals surface area contributed by atoms with E-state index in [0.29, 0.717) is 28.9 Å². The normalized spacial score (nSPS) is 10.1. The van der Waals surface area contributed by atoms with Gasteiger partial charge in [0.2, 0.25) is 0 Å². The van der Waals surface area contributed by atoms with Gasteiger partial charge in [0.05, 0.1) is 0 Å². The lowest BCUT2D eigenvalue weighted by Crippen LogP contribution is -2.19. The Kier molecular flexibility index (Phi) is 5.49. The molecule has 2 N–H and O–H groups in total. The summed E-state index contributed by atoms with van der Waals surface area (Å²) >= 11 is 5.85. The highest BCUT2D eigenvalue weighted by atomic mass is 35.5. The number of halogens is 1. The standard InChI is InChI=1S/C19H16ClN3O2/c20-15-6-4-14(5-7-15)13-25-17-10-8-16(9-11-17)22-19(24)23-18-3-1-2-12-21-18/h1-12H,13H2,(H2,21,22,23,24). The lowest BCUT2D eigenvalue weighted by Gasteiger charge is -2.09. The van der Waals surface area contributed by atoms with Gasteiger partial charge in [0.25, 0.3) is 0 Å². The second kappa shape index (κ2) is 8.17. The molecule has 25 heavy (non-hydrogen) atoms. The number of ether oxygens (including phenoxy) is 1. The van der Waals surface area contributed by atoms with Gasteiger partial charge in [-0.15, -0.1) is 0 Å². The van der Waals surface area contributed by atoms with Gasteiger partial charge in [0, 0.05) is 16.9 Å². The van der Waals surface area contributed by atoms with Crippen LogP contribution in [0.15, 0.2) is 72.9 Å². The van der Waals surface area contributed by atoms with Crippen LogP contribution in [0.25, 0.3) is 0 Å². The number of amides is 2. The highest BCUT2D eigenvalue weighted by molar-refractivity contribution is 6.30. The van der Waals surface area contributed by atoms with Gasteiger partial charge in [0.1, 0.15) is 18.2 Å². The van der Waals surface area contributed by atoms with Crippen LogP contribution in [-0.2, 0) is 6.61 Å². The first-order valence-corrected chi connectivity index (χ1v) is 8.03. The lowest BCUT2D eigenvalue weighted by atomic mass is 10.2. The zero-order chi connectivity index (χ0) is 17.5. The van der Waals surface area contributed by atoms with Gasteiger partial charge in [-0.2, -0.15) is 0 Å². The first kappa shape index (κ1) is 16.8. The minimum atomic E-state index is -0.353. The first-order valence-electron chi connectivity index (χ1n) is 7.65. The van der Waals surface area contributed by atoms with E-state index in [1.807, 2.05) is 24.3 Å². The van der Waals surface area contributed by atoms with Crippen molar-refractivity contribution in [2.24, 2.45) is 0 Å². The molecule has 1 aromatic heterocycles. The van der Waals surface area contributed by atoms with Gasteiger partial charge in [-0.05, 0) is 54.1 Å². The van der Waals surface area contributed by atoms with Gasteiger partial charge < -0.3 is 10.1 Å². The average Bonchev–Trinajstić information content (AvgIpc) is 2.63. The van der Waals surface area contributed by atoms with Crippen LogP contribution in [-0.4, -0.2) is 11.0 Å². The minimum absolute atomic E-state index is 0.353. The second-order valence-electron chi connectivity index (χ2n) is 5.23. The molecule has 0 aliphatic heterocycles. The maximum Gasteiger partial charge on any atom is 0.324 e. The Labute approximate surface area is 150 Å². The fourth-order valence-electron chi connectivity index (χ4n) is 2.10. The number of hydrogen-bond donors (Lipinski definition) is 2. The van der Waals surface area contributed by atoms with Crippen molar-refractivity contribution in [3.05, 3.63) is 83.5 Å². The molecule has 5 nitrogen and oxygen atoms in total. The fourth-order valence-corrected chi connectivity index (χ4v) is 2.22. The molecule has 0 fully saturated rings. The van der Waals surface area contributed by atoms with Crippen molar-refractivity contribution in [3.8, 4) is 5.75 Å². The van der Waals surface area contributed by atoms with E-state index in [1.54, 1.807) is 48.7 Å². The summed E-state index contributed by atoms with van der Waals surface area (Å²) < 4.78 is 5.71. The summed E-state index contributed by atoms with van der Waals surface area (Å²) in [6.07, 6.45) is 1.61. The van der Waals surface area contributed by atoms with Crippen molar-refractivity contribution in [3.63, 3.8) is 0 Å². The fraction of sp³-hybridized carbons (Fsp3) is 0.0526. The number of rotatable bonds is 5. The van der Waals surface area contributed by atoms with E-state index in [9.17, 15) is 4.79 Å². The first-order chi connectivity index (χ1) is 12.2. The minimum Gasteiger partial charge on any atom is -0.489 e. The topological polar surface area (TPSA) is 63.2 Å². The molecule has 0 bridgehead atoms. The quantitative estimate of drug-likeness (QED) is 0.681. The maximum absolute atomic E-state index is 11.9. The van der Waals surface area contributed by atoms with E-state index >= 15 is 0 Å². The van der Waals surface area contributed by atoms with Crippen LogP contribution in [0.3, 0.4) is 0 Å². The lowest BCUT2D eigenvalue weighted by molar-refractivity contribution is 0.262. The second-order valence-corrected chi connectivity index (χ2v) is 5.67. The van der Waals surface area contributed by atoms with Crippen molar-refractivity contribution in [2.45, 2.75) is 6.61 Å². The molecule has 1 heterocycles. The Hall–Kier alpha value is -3.05. The summed E-state index contributed by atoms with van der Waals surface area (Å²) in [5.41, 5.74) is 1.69. The number of carbonyl (C=O) groups excluding carboxylic acids is 1. The van der Waals surface area contributed by atoms with Crippen LogP contribution in [0, 0.1) is 0 Å². The number of urea groups is 1. The summed E-state index contributed by atoms with van der Waals surface area (Å²) in [6.45, 7) is 0.449. The van der Waals surface area contributed by atoms with Crippen molar-refractivity contribution in [1.82, 2.24) is 4.98 Å². The van der Waals surface area contributed by atoms with Gasteiger partial charge in [0.15, 0.2) is 0 Å². The smallest absolute Gasteiger partial charge is 0.324 e. The van der Waals surface area contributed by atoms with E-state index in [2.05, 4.69) is 15.6 Å². The number of carbonyl (C=O) groups is 1. The van der Waals surface area contributed by atoms with Gasteiger partial charge in [-0.3, -0.25) is 5.32 Å². The molecule has 2 amide bonds. The Morgan fingerprint density at radius 3 is 2.40 bits per heavy atom. The Balaban J connectivity index is 1.51. The zero-order valence-corrected chi connectivity index (χ0v) is 14.0. The Morgan fingerprint density at radius 2 is 1.72 bits per heavy atom. The number of anilines is 2. The van der Waals surface area contributed by atoms with Gasteiger partial charge in [-0.25, -0.2) is 9.78 Å². The number of nitrogens with one attached hydrogen (secondary N) is 2. The molecule has 126 valence electrons. The predicted molar refractivity (Wildman–Crippen MR) is 99.1 cm³/mol. The van der Waals surface area contributed by atoms with Crippen LogP contribution < -0.4 is 15.4 Å². The molecule has 3 rings (SSSR count). The number of pyridine rings is 1. The number of hydrogen-bond acceptors (Lipinski definition) is 3. The SMILES string of the molecule is O=C(Nc1ccc(OCc2ccc(Cl)cc2)cc1)Nc1ccccn1. The third kappa shape index (κ3) is 5.22.